The lowest BCUT2D eigenvalue weighted by atomic mass is 9.94. The lowest BCUT2D eigenvalue weighted by molar-refractivity contribution is 0.00289. The third-order valence-electron chi connectivity index (χ3n) is 7.67. The molecule has 0 bridgehead atoms. The summed E-state index contributed by atoms with van der Waals surface area (Å²) in [7, 11) is 0. The fraction of sp³-hybridized carbons (Fsp3) is 0.406. The van der Waals surface area contributed by atoms with E-state index in [1.165, 1.54) is 18.3 Å². The quantitative estimate of drug-likeness (QED) is 0.263. The average Bonchev–Trinajstić information content (AvgIpc) is 3.49. The van der Waals surface area contributed by atoms with Crippen molar-refractivity contribution in [2.24, 2.45) is 0 Å². The Bertz CT molecular complexity index is 1980. The van der Waals surface area contributed by atoms with Crippen molar-refractivity contribution in [3.8, 4) is 17.2 Å². The Hall–Kier alpha value is -4.77. The summed E-state index contributed by atoms with van der Waals surface area (Å²) >= 11 is 0.841. The summed E-state index contributed by atoms with van der Waals surface area (Å²) in [6.45, 7) is 11.3. The van der Waals surface area contributed by atoms with Crippen LogP contribution in [0.5, 0.6) is 0 Å². The number of carbonyl (C=O) groups is 3. The molecular weight excluding hydrogens is 618 g/mol. The summed E-state index contributed by atoms with van der Waals surface area (Å²) in [5.74, 6) is -1.81. The van der Waals surface area contributed by atoms with E-state index in [9.17, 15) is 19.6 Å². The van der Waals surface area contributed by atoms with Crippen LogP contribution in [0.25, 0.3) is 32.1 Å². The van der Waals surface area contributed by atoms with Crippen LogP contribution in [0.2, 0.25) is 0 Å². The van der Waals surface area contributed by atoms with E-state index in [1.807, 2.05) is 6.07 Å². The minimum atomic E-state index is -0.824. The third kappa shape index (κ3) is 5.49. The number of piperazine rings is 1. The maximum absolute atomic E-state index is 16.3. The Morgan fingerprint density at radius 3 is 2.43 bits per heavy atom. The van der Waals surface area contributed by atoms with Gasteiger partial charge in [0.2, 0.25) is 0 Å². The molecule has 1 N–H and O–H groups in total. The molecule has 240 valence electrons. The smallest absolute Gasteiger partial charge is 0.412 e. The van der Waals surface area contributed by atoms with E-state index in [2.05, 4.69) is 10.4 Å². The van der Waals surface area contributed by atoms with E-state index >= 15 is 8.78 Å². The lowest BCUT2D eigenvalue weighted by Gasteiger charge is -2.40. The van der Waals surface area contributed by atoms with E-state index in [1.54, 1.807) is 56.0 Å². The molecule has 3 amide bonds. The molecule has 6 rings (SSSR count). The maximum Gasteiger partial charge on any atom is 0.412 e. The van der Waals surface area contributed by atoms with Gasteiger partial charge in [0.15, 0.2) is 0 Å². The van der Waals surface area contributed by atoms with Gasteiger partial charge in [-0.05, 0) is 59.2 Å². The number of anilines is 1. The van der Waals surface area contributed by atoms with Crippen molar-refractivity contribution in [1.82, 2.24) is 19.6 Å². The number of amides is 3. The number of nitrogens with zero attached hydrogens (tertiary/aromatic N) is 5. The van der Waals surface area contributed by atoms with Crippen molar-refractivity contribution in [2.75, 3.05) is 25.0 Å². The number of nitriles is 1. The van der Waals surface area contributed by atoms with Gasteiger partial charge >= 0.3 is 12.2 Å². The van der Waals surface area contributed by atoms with Gasteiger partial charge in [-0.15, -0.1) is 11.3 Å². The fourth-order valence-corrected chi connectivity index (χ4v) is 6.99. The van der Waals surface area contributed by atoms with Crippen LogP contribution in [-0.4, -0.2) is 74.6 Å². The number of aromatic nitrogens is 2. The Morgan fingerprint density at radius 2 is 1.76 bits per heavy atom. The van der Waals surface area contributed by atoms with Gasteiger partial charge in [-0.1, -0.05) is 6.07 Å². The molecule has 14 heteroatoms. The molecule has 1 fully saturated rings. The van der Waals surface area contributed by atoms with Crippen LogP contribution in [0.3, 0.4) is 0 Å². The van der Waals surface area contributed by atoms with Crippen molar-refractivity contribution in [1.29, 1.82) is 5.26 Å². The van der Waals surface area contributed by atoms with Gasteiger partial charge in [-0.25, -0.2) is 18.4 Å². The number of thiophene rings is 1. The first-order chi connectivity index (χ1) is 21.6. The predicted molar refractivity (Wildman–Crippen MR) is 168 cm³/mol. The van der Waals surface area contributed by atoms with Crippen molar-refractivity contribution in [3.63, 3.8) is 0 Å². The maximum atomic E-state index is 16.3. The zero-order valence-corrected chi connectivity index (χ0v) is 27.0. The van der Waals surface area contributed by atoms with Gasteiger partial charge in [0.1, 0.15) is 33.9 Å². The second-order valence-electron chi connectivity index (χ2n) is 13.3. The number of carbonyl (C=O) groups excluding carboxylic acids is 3. The van der Waals surface area contributed by atoms with Gasteiger partial charge in [0.25, 0.3) is 5.91 Å². The van der Waals surface area contributed by atoms with E-state index in [4.69, 9.17) is 9.47 Å². The molecule has 2 aliphatic rings. The van der Waals surface area contributed by atoms with Crippen LogP contribution in [0, 0.1) is 23.0 Å². The molecule has 0 radical (unpaired) electrons. The molecule has 2 aliphatic heterocycles. The third-order valence-corrected chi connectivity index (χ3v) is 8.78. The van der Waals surface area contributed by atoms with E-state index in [-0.39, 0.29) is 63.5 Å². The van der Waals surface area contributed by atoms with E-state index in [0.29, 0.717) is 10.9 Å². The number of rotatable bonds is 2. The van der Waals surface area contributed by atoms with Crippen molar-refractivity contribution in [2.45, 2.75) is 65.3 Å². The van der Waals surface area contributed by atoms with Crippen LogP contribution in [0.15, 0.2) is 24.4 Å². The molecule has 4 heterocycles. The second-order valence-corrected chi connectivity index (χ2v) is 14.3. The fourth-order valence-electron chi connectivity index (χ4n) is 5.92. The predicted octanol–water partition coefficient (Wildman–Crippen LogP) is 6.49. The second kappa shape index (κ2) is 10.9. The van der Waals surface area contributed by atoms with E-state index < -0.39 is 47.0 Å². The van der Waals surface area contributed by atoms with Crippen LogP contribution in [0.1, 0.15) is 57.5 Å². The van der Waals surface area contributed by atoms with Gasteiger partial charge in [0, 0.05) is 36.0 Å². The van der Waals surface area contributed by atoms with Crippen LogP contribution in [-0.2, 0) is 16.0 Å². The minimum Gasteiger partial charge on any atom is -0.444 e. The van der Waals surface area contributed by atoms with Crippen molar-refractivity contribution in [3.05, 3.63) is 47.2 Å². The highest BCUT2D eigenvalue weighted by Crippen LogP contribution is 2.45. The minimum absolute atomic E-state index is 0.0381. The molecule has 1 atom stereocenters. The Kier molecular flexibility index (Phi) is 7.43. The van der Waals surface area contributed by atoms with Gasteiger partial charge < -0.3 is 19.3 Å². The molecule has 46 heavy (non-hydrogen) atoms. The first kappa shape index (κ1) is 31.2. The summed E-state index contributed by atoms with van der Waals surface area (Å²) in [6, 6.07) is 5.28. The van der Waals surface area contributed by atoms with E-state index in [0.717, 1.165) is 17.4 Å². The number of fused-ring (bicyclic) bond motifs is 2. The SMILES string of the molecule is CC(C)(C)OC(=O)Nc1sc2c(F)ccc(-c3c(F)cc4c5c3cnn5C[C@@H]3CN(C(=O)OC(C)(C)C)CCN3C4=O)c2c1C#N. The van der Waals surface area contributed by atoms with Crippen molar-refractivity contribution >= 4 is 55.4 Å². The largest absolute Gasteiger partial charge is 0.444 e. The summed E-state index contributed by atoms with van der Waals surface area (Å²) in [4.78, 5) is 42.4. The topological polar surface area (TPSA) is 130 Å². The summed E-state index contributed by atoms with van der Waals surface area (Å²) in [5.41, 5.74) is -0.811. The molecular formula is C32H32F2N6O5S. The number of hydrogen-bond acceptors (Lipinski definition) is 8. The number of ether oxygens (including phenoxy) is 2. The van der Waals surface area contributed by atoms with Crippen LogP contribution >= 0.6 is 11.3 Å². The standard InChI is InChI=1S/C32H32F2N6O5S/c1-31(2,3)44-29(42)37-27-19(12-35)24-17(7-8-21(33)26(24)46-27)23-20-13-36-40-15-16-14-38(30(43)45-32(4,5)6)9-10-39(16)28(41)18(25(20)40)11-22(23)34/h7-8,11,13,16H,9-10,14-15H2,1-6H3,(H,37,42)/t16-/m0/s1. The molecule has 2 aromatic carbocycles. The number of halogens is 2. The Labute approximate surface area is 267 Å². The lowest BCUT2D eigenvalue weighted by Crippen LogP contribution is -2.57. The molecule has 0 aliphatic carbocycles. The number of nitrogens with one attached hydrogen (secondary N) is 1. The monoisotopic (exact) mass is 650 g/mol. The number of hydrogen-bond donors (Lipinski definition) is 1. The zero-order chi connectivity index (χ0) is 33.3. The highest BCUT2D eigenvalue weighted by molar-refractivity contribution is 7.23. The molecule has 4 aromatic rings. The Morgan fingerprint density at radius 1 is 1.04 bits per heavy atom. The average molecular weight is 651 g/mol. The van der Waals surface area contributed by atoms with Crippen molar-refractivity contribution < 1.29 is 32.6 Å². The summed E-state index contributed by atoms with van der Waals surface area (Å²) in [6.07, 6.45) is 0.141. The highest BCUT2D eigenvalue weighted by atomic mass is 32.1. The van der Waals surface area contributed by atoms with Gasteiger partial charge in [0.05, 0.1) is 40.1 Å². The molecule has 11 nitrogen and oxygen atoms in total. The molecule has 0 spiro atoms. The first-order valence-corrected chi connectivity index (χ1v) is 15.5. The highest BCUT2D eigenvalue weighted by Gasteiger charge is 2.39. The molecule has 0 saturated carbocycles. The van der Waals surface area contributed by atoms with Crippen LogP contribution < -0.4 is 5.32 Å². The van der Waals surface area contributed by atoms with Crippen LogP contribution in [0.4, 0.5) is 23.4 Å². The molecule has 0 unspecified atom stereocenters. The summed E-state index contributed by atoms with van der Waals surface area (Å²) in [5, 5.41) is 17.7. The molecule has 2 aromatic heterocycles. The number of benzene rings is 2. The first-order valence-electron chi connectivity index (χ1n) is 14.7. The van der Waals surface area contributed by atoms with Gasteiger partial charge in [-0.2, -0.15) is 10.4 Å². The molecule has 1 saturated heterocycles. The zero-order valence-electron chi connectivity index (χ0n) is 26.2. The normalized spacial score (nSPS) is 16.7. The van der Waals surface area contributed by atoms with Gasteiger partial charge in [-0.3, -0.25) is 14.8 Å². The Balaban J connectivity index is 1.45. The summed E-state index contributed by atoms with van der Waals surface area (Å²) < 4.78 is 44.0.